The molecule has 5 aromatic rings. The van der Waals surface area contributed by atoms with Crippen LogP contribution in [0.3, 0.4) is 0 Å². The first-order valence-corrected chi connectivity index (χ1v) is 12.1. The Kier molecular flexibility index (Phi) is 7.69. The Morgan fingerprint density at radius 2 is 1.41 bits per heavy atom. The maximum absolute atomic E-state index is 10.3. The van der Waals surface area contributed by atoms with Crippen molar-refractivity contribution in [3.8, 4) is 40.2 Å². The molecule has 0 aliphatic carbocycles. The predicted molar refractivity (Wildman–Crippen MR) is 140 cm³/mol. The number of hydrogen-bond donors (Lipinski definition) is 1. The van der Waals surface area contributed by atoms with Gasteiger partial charge >= 0.3 is 0 Å². The van der Waals surface area contributed by atoms with E-state index in [4.69, 9.17) is 4.98 Å². The maximum atomic E-state index is 10.3. The number of benzene rings is 2. The van der Waals surface area contributed by atoms with Gasteiger partial charge in [-0.25, -0.2) is 24.3 Å². The van der Waals surface area contributed by atoms with Gasteiger partial charge in [0.05, 0.1) is 5.69 Å². The van der Waals surface area contributed by atoms with Crippen LogP contribution in [0.2, 0.25) is 0 Å². The number of aromatic nitrogens is 7. The minimum absolute atomic E-state index is 0. The Labute approximate surface area is 230 Å². The van der Waals surface area contributed by atoms with Gasteiger partial charge in [0.25, 0.3) is 0 Å². The second kappa shape index (κ2) is 10.8. The summed E-state index contributed by atoms with van der Waals surface area (Å²) in [6.07, 6.45) is 1.57. The summed E-state index contributed by atoms with van der Waals surface area (Å²) in [5.41, 5.74) is 5.33. The minimum atomic E-state index is 0. The second-order valence-corrected chi connectivity index (χ2v) is 9.38. The summed E-state index contributed by atoms with van der Waals surface area (Å²) < 4.78 is 3.52. The summed E-state index contributed by atoms with van der Waals surface area (Å²) in [6, 6.07) is 19.2. The zero-order chi connectivity index (χ0) is 25.4. The molecule has 0 fully saturated rings. The normalized spacial score (nSPS) is 11.2. The van der Waals surface area contributed by atoms with E-state index in [-0.39, 0.29) is 26.8 Å². The predicted octanol–water partition coefficient (Wildman–Crippen LogP) is 5.84. The maximum Gasteiger partial charge on any atom is 0.200 e. The van der Waals surface area contributed by atoms with Crippen molar-refractivity contribution in [1.82, 2.24) is 34.5 Å². The molecule has 0 spiro atoms. The molecule has 0 radical (unpaired) electrons. The molecular weight excluding hydrogens is 645 g/mol. The number of aryl methyl sites for hydroxylation is 1. The van der Waals surface area contributed by atoms with Crippen LogP contribution in [-0.4, -0.2) is 39.6 Å². The van der Waals surface area contributed by atoms with Gasteiger partial charge < -0.3 is 5.11 Å². The van der Waals surface area contributed by atoms with E-state index in [1.165, 1.54) is 11.1 Å². The molecule has 0 atom stereocenters. The summed E-state index contributed by atoms with van der Waals surface area (Å²) in [6.45, 7) is 10.6. The molecule has 0 bridgehead atoms. The van der Waals surface area contributed by atoms with Crippen LogP contribution in [0.5, 0.6) is 5.75 Å². The topological polar surface area (TPSA) is 94.5 Å². The SMILES string of the molecule is Cc1nc(-c2cccc(-c3ncnn3-c3c(C(C)C)cccc3C(C)C)n2)nn1-c1ccccc1O.[Pt]. The summed E-state index contributed by atoms with van der Waals surface area (Å²) in [7, 11) is 0. The summed E-state index contributed by atoms with van der Waals surface area (Å²) >= 11 is 0. The Hall–Kier alpha value is -3.64. The van der Waals surface area contributed by atoms with Gasteiger partial charge in [0.2, 0.25) is 0 Å². The zero-order valence-electron chi connectivity index (χ0n) is 21.4. The molecule has 5 rings (SSSR count). The van der Waals surface area contributed by atoms with Crippen LogP contribution in [0.15, 0.2) is 67.0 Å². The Balaban J connectivity index is 0.00000320. The van der Waals surface area contributed by atoms with Gasteiger partial charge in [-0.05, 0) is 54.2 Å². The number of phenols is 1. The monoisotopic (exact) mass is 674 g/mol. The summed E-state index contributed by atoms with van der Waals surface area (Å²) in [5.74, 6) is 2.55. The van der Waals surface area contributed by atoms with Crippen LogP contribution in [-0.2, 0) is 21.1 Å². The summed E-state index contributed by atoms with van der Waals surface area (Å²) in [5, 5.41) is 19.5. The quantitative estimate of drug-likeness (QED) is 0.244. The van der Waals surface area contributed by atoms with Gasteiger partial charge in [-0.1, -0.05) is 64.1 Å². The molecule has 9 heteroatoms. The molecule has 0 saturated heterocycles. The molecule has 0 amide bonds. The number of phenolic OH excluding ortho intramolecular Hbond substituents is 1. The third-order valence-electron chi connectivity index (χ3n) is 6.19. The first kappa shape index (κ1) is 26.4. The van der Waals surface area contributed by atoms with Gasteiger partial charge in [-0.15, -0.1) is 5.10 Å². The molecular formula is C28H29N7OPt. The second-order valence-electron chi connectivity index (χ2n) is 9.38. The molecule has 1 N–H and O–H groups in total. The zero-order valence-corrected chi connectivity index (χ0v) is 23.7. The standard InChI is InChI=1S/C28H29N7O.Pt/c1-17(2)20-10-8-11-21(18(3)4)26(20)35-28(29-16-30-35)23-13-9-12-22(32-23)27-31-19(5)34(33-27)24-14-6-7-15-25(24)36;/h6-18,36H,1-5H3;. The van der Waals surface area contributed by atoms with Crippen molar-refractivity contribution in [2.24, 2.45) is 0 Å². The number of nitrogens with zero attached hydrogens (tertiary/aromatic N) is 7. The van der Waals surface area contributed by atoms with Crippen LogP contribution in [0.1, 0.15) is 56.5 Å². The van der Waals surface area contributed by atoms with E-state index in [0.29, 0.717) is 46.4 Å². The molecule has 8 nitrogen and oxygen atoms in total. The van der Waals surface area contributed by atoms with Gasteiger partial charge in [0, 0.05) is 21.1 Å². The van der Waals surface area contributed by atoms with Crippen molar-refractivity contribution in [1.29, 1.82) is 0 Å². The molecule has 37 heavy (non-hydrogen) atoms. The first-order chi connectivity index (χ1) is 17.3. The van der Waals surface area contributed by atoms with Gasteiger partial charge in [0.1, 0.15) is 35.0 Å². The molecule has 0 saturated carbocycles. The molecule has 2 aromatic carbocycles. The van der Waals surface area contributed by atoms with E-state index in [1.807, 2.05) is 35.9 Å². The Morgan fingerprint density at radius 3 is 2.08 bits per heavy atom. The molecule has 192 valence electrons. The van der Waals surface area contributed by atoms with Crippen molar-refractivity contribution in [2.75, 3.05) is 0 Å². The number of para-hydroxylation sites is 3. The Bertz CT molecular complexity index is 1510. The molecule has 3 aromatic heterocycles. The van der Waals surface area contributed by atoms with E-state index in [1.54, 1.807) is 29.2 Å². The van der Waals surface area contributed by atoms with Crippen molar-refractivity contribution >= 4 is 0 Å². The molecule has 0 aliphatic heterocycles. The number of rotatable bonds is 6. The minimum Gasteiger partial charge on any atom is -0.506 e. The van der Waals surface area contributed by atoms with Crippen LogP contribution >= 0.6 is 0 Å². The largest absolute Gasteiger partial charge is 0.506 e. The van der Waals surface area contributed by atoms with Gasteiger partial charge in [-0.2, -0.15) is 5.10 Å². The van der Waals surface area contributed by atoms with Crippen molar-refractivity contribution in [3.63, 3.8) is 0 Å². The van der Waals surface area contributed by atoms with Crippen LogP contribution < -0.4 is 0 Å². The fourth-order valence-corrected chi connectivity index (χ4v) is 4.39. The van der Waals surface area contributed by atoms with E-state index in [2.05, 4.69) is 66.1 Å². The third kappa shape index (κ3) is 4.98. The van der Waals surface area contributed by atoms with Crippen molar-refractivity contribution in [2.45, 2.75) is 46.5 Å². The van der Waals surface area contributed by atoms with Crippen molar-refractivity contribution < 1.29 is 26.2 Å². The molecule has 0 aliphatic rings. The number of hydrogen-bond acceptors (Lipinski definition) is 6. The third-order valence-corrected chi connectivity index (χ3v) is 6.19. The van der Waals surface area contributed by atoms with Crippen LogP contribution in [0.4, 0.5) is 0 Å². The first-order valence-electron chi connectivity index (χ1n) is 12.1. The smallest absolute Gasteiger partial charge is 0.200 e. The fraction of sp³-hybridized carbons (Fsp3) is 0.250. The van der Waals surface area contributed by atoms with E-state index >= 15 is 0 Å². The molecule has 0 unspecified atom stereocenters. The van der Waals surface area contributed by atoms with Gasteiger partial charge in [-0.3, -0.25) is 0 Å². The Morgan fingerprint density at radius 1 is 0.757 bits per heavy atom. The number of aromatic hydroxyl groups is 1. The van der Waals surface area contributed by atoms with Crippen molar-refractivity contribution in [3.05, 3.63) is 83.9 Å². The van der Waals surface area contributed by atoms with Crippen LogP contribution in [0, 0.1) is 6.92 Å². The summed E-state index contributed by atoms with van der Waals surface area (Å²) in [4.78, 5) is 14.1. The average molecular weight is 675 g/mol. The van der Waals surface area contributed by atoms with Crippen LogP contribution in [0.25, 0.3) is 34.4 Å². The van der Waals surface area contributed by atoms with E-state index in [0.717, 1.165) is 5.69 Å². The average Bonchev–Trinajstić information content (AvgIpc) is 3.51. The van der Waals surface area contributed by atoms with E-state index < -0.39 is 0 Å². The van der Waals surface area contributed by atoms with Gasteiger partial charge in [0.15, 0.2) is 11.6 Å². The molecule has 3 heterocycles. The van der Waals surface area contributed by atoms with E-state index in [9.17, 15) is 5.11 Å². The number of pyridine rings is 1. The fourth-order valence-electron chi connectivity index (χ4n) is 4.39.